The Bertz CT molecular complexity index is 365. The van der Waals surface area contributed by atoms with E-state index in [1.165, 1.54) is 5.56 Å². The van der Waals surface area contributed by atoms with Crippen LogP contribution in [0.4, 0.5) is 0 Å². The molecule has 0 saturated carbocycles. The number of aryl methyl sites for hydroxylation is 1. The van der Waals surface area contributed by atoms with E-state index in [-0.39, 0.29) is 0 Å². The molecule has 0 saturated heterocycles. The van der Waals surface area contributed by atoms with E-state index in [0.29, 0.717) is 11.1 Å². The highest BCUT2D eigenvalue weighted by molar-refractivity contribution is 6.74. The molecule has 0 spiro atoms. The Morgan fingerprint density at radius 2 is 1.68 bits per heavy atom. The van der Waals surface area contributed by atoms with Crippen LogP contribution in [0.5, 0.6) is 0 Å². The zero-order chi connectivity index (χ0) is 14.5. The van der Waals surface area contributed by atoms with Crippen LogP contribution in [0.1, 0.15) is 46.1 Å². The molecule has 1 aromatic rings. The minimum atomic E-state index is -1.63. The third kappa shape index (κ3) is 5.11. The quantitative estimate of drug-likeness (QED) is 0.631. The predicted molar refractivity (Wildman–Crippen MR) is 87.1 cm³/mol. The summed E-state index contributed by atoms with van der Waals surface area (Å²) < 4.78 is 6.51. The average Bonchev–Trinajstić information content (AvgIpc) is 2.34. The van der Waals surface area contributed by atoms with Gasteiger partial charge in [-0.1, -0.05) is 58.0 Å². The van der Waals surface area contributed by atoms with Crippen molar-refractivity contribution in [2.24, 2.45) is 0 Å². The molecule has 0 aliphatic carbocycles. The van der Waals surface area contributed by atoms with E-state index in [2.05, 4.69) is 71.1 Å². The van der Waals surface area contributed by atoms with Gasteiger partial charge in [-0.15, -0.1) is 0 Å². The highest BCUT2D eigenvalue weighted by atomic mass is 28.4. The Kier molecular flexibility index (Phi) is 5.81. The van der Waals surface area contributed by atoms with Gasteiger partial charge in [0.15, 0.2) is 8.32 Å². The molecule has 19 heavy (non-hydrogen) atoms. The standard InChI is InChI=1S/C17H30OSi/c1-7-16(18-19(5,6)17(2,3)4)14-13-15-11-9-8-10-12-15/h8-12,16H,7,13-14H2,1-6H3/t16-/m1/s1. The SMILES string of the molecule is CC[C@H](CCc1ccccc1)O[Si](C)(C)C(C)(C)C. The fraction of sp³-hybridized carbons (Fsp3) is 0.647. The molecule has 1 rings (SSSR count). The van der Waals surface area contributed by atoms with Crippen LogP contribution in [0.25, 0.3) is 0 Å². The first-order valence-electron chi connectivity index (χ1n) is 7.48. The maximum absolute atomic E-state index is 6.51. The summed E-state index contributed by atoms with van der Waals surface area (Å²) in [4.78, 5) is 0. The van der Waals surface area contributed by atoms with Gasteiger partial charge in [0.05, 0.1) is 0 Å². The first-order valence-corrected chi connectivity index (χ1v) is 10.4. The van der Waals surface area contributed by atoms with Crippen LogP contribution in [0.3, 0.4) is 0 Å². The van der Waals surface area contributed by atoms with Crippen molar-refractivity contribution in [1.29, 1.82) is 0 Å². The summed E-state index contributed by atoms with van der Waals surface area (Å²) in [5.74, 6) is 0. The van der Waals surface area contributed by atoms with E-state index in [9.17, 15) is 0 Å². The molecule has 0 fully saturated rings. The third-order valence-corrected chi connectivity index (χ3v) is 8.86. The molecule has 108 valence electrons. The first kappa shape index (κ1) is 16.5. The molecule has 1 aromatic carbocycles. The van der Waals surface area contributed by atoms with Gasteiger partial charge in [0.25, 0.3) is 0 Å². The van der Waals surface area contributed by atoms with Gasteiger partial charge in [-0.25, -0.2) is 0 Å². The van der Waals surface area contributed by atoms with Gasteiger partial charge in [0.1, 0.15) is 0 Å². The first-order chi connectivity index (χ1) is 8.76. The van der Waals surface area contributed by atoms with Crippen molar-refractivity contribution < 1.29 is 4.43 Å². The average molecular weight is 279 g/mol. The lowest BCUT2D eigenvalue weighted by molar-refractivity contribution is 0.167. The monoisotopic (exact) mass is 278 g/mol. The van der Waals surface area contributed by atoms with E-state index in [4.69, 9.17) is 4.43 Å². The fourth-order valence-corrected chi connectivity index (χ4v) is 3.38. The van der Waals surface area contributed by atoms with E-state index in [1.54, 1.807) is 0 Å². The lowest BCUT2D eigenvalue weighted by Crippen LogP contribution is -2.43. The Labute approximate surface area is 120 Å². The van der Waals surface area contributed by atoms with E-state index in [0.717, 1.165) is 19.3 Å². The highest BCUT2D eigenvalue weighted by Crippen LogP contribution is 2.38. The van der Waals surface area contributed by atoms with Crippen molar-refractivity contribution in [3.05, 3.63) is 35.9 Å². The second-order valence-corrected chi connectivity index (χ2v) is 11.7. The van der Waals surface area contributed by atoms with Crippen LogP contribution in [0, 0.1) is 0 Å². The maximum atomic E-state index is 6.51. The highest BCUT2D eigenvalue weighted by Gasteiger charge is 2.38. The molecule has 2 heteroatoms. The van der Waals surface area contributed by atoms with Crippen molar-refractivity contribution >= 4 is 8.32 Å². The Hall–Kier alpha value is -0.603. The third-order valence-electron chi connectivity index (χ3n) is 4.32. The molecule has 0 aliphatic heterocycles. The smallest absolute Gasteiger partial charge is 0.192 e. The van der Waals surface area contributed by atoms with Crippen LogP contribution in [0.2, 0.25) is 18.1 Å². The summed E-state index contributed by atoms with van der Waals surface area (Å²) in [6.45, 7) is 13.9. The second kappa shape index (κ2) is 6.71. The predicted octanol–water partition coefficient (Wildman–Crippen LogP) is 5.42. The zero-order valence-corrected chi connectivity index (χ0v) is 14.5. The Morgan fingerprint density at radius 1 is 1.11 bits per heavy atom. The molecule has 0 heterocycles. The summed E-state index contributed by atoms with van der Waals surface area (Å²) in [6.07, 6.45) is 3.77. The minimum absolute atomic E-state index is 0.299. The Morgan fingerprint density at radius 3 is 2.16 bits per heavy atom. The lowest BCUT2D eigenvalue weighted by Gasteiger charge is -2.39. The molecule has 1 nitrogen and oxygen atoms in total. The van der Waals surface area contributed by atoms with Gasteiger partial charge in [-0.2, -0.15) is 0 Å². The van der Waals surface area contributed by atoms with Crippen LogP contribution >= 0.6 is 0 Å². The van der Waals surface area contributed by atoms with Gasteiger partial charge in [-0.05, 0) is 43.0 Å². The number of rotatable bonds is 6. The van der Waals surface area contributed by atoms with Gasteiger partial charge < -0.3 is 4.43 Å². The van der Waals surface area contributed by atoms with Crippen LogP contribution in [0.15, 0.2) is 30.3 Å². The van der Waals surface area contributed by atoms with Gasteiger partial charge in [0, 0.05) is 6.10 Å². The number of benzene rings is 1. The normalized spacial score (nSPS) is 14.4. The largest absolute Gasteiger partial charge is 0.414 e. The lowest BCUT2D eigenvalue weighted by atomic mass is 10.1. The molecule has 0 radical (unpaired) electrons. The van der Waals surface area contributed by atoms with Crippen molar-refractivity contribution in [1.82, 2.24) is 0 Å². The van der Waals surface area contributed by atoms with Crippen molar-refractivity contribution in [3.8, 4) is 0 Å². The van der Waals surface area contributed by atoms with E-state index in [1.807, 2.05) is 0 Å². The molecule has 0 bridgehead atoms. The van der Waals surface area contributed by atoms with Crippen molar-refractivity contribution in [2.75, 3.05) is 0 Å². The summed E-state index contributed by atoms with van der Waals surface area (Å²) in [7, 11) is -1.63. The molecule has 0 N–H and O–H groups in total. The molecule has 0 unspecified atom stereocenters. The molecule has 1 atom stereocenters. The number of hydrogen-bond acceptors (Lipinski definition) is 1. The van der Waals surface area contributed by atoms with Gasteiger partial charge in [0.2, 0.25) is 0 Å². The van der Waals surface area contributed by atoms with Gasteiger partial charge >= 0.3 is 0 Å². The molecule has 0 amide bonds. The molecular weight excluding hydrogens is 248 g/mol. The maximum Gasteiger partial charge on any atom is 0.192 e. The topological polar surface area (TPSA) is 9.23 Å². The summed E-state index contributed by atoms with van der Waals surface area (Å²) in [6, 6.07) is 10.7. The van der Waals surface area contributed by atoms with Crippen LogP contribution in [-0.4, -0.2) is 14.4 Å². The summed E-state index contributed by atoms with van der Waals surface area (Å²) in [5.41, 5.74) is 1.42. The molecule has 0 aliphatic rings. The molecule has 0 aromatic heterocycles. The molecular formula is C17H30OSi. The fourth-order valence-electron chi connectivity index (χ4n) is 1.91. The van der Waals surface area contributed by atoms with Crippen molar-refractivity contribution in [2.45, 2.75) is 71.2 Å². The minimum Gasteiger partial charge on any atom is -0.414 e. The van der Waals surface area contributed by atoms with Gasteiger partial charge in [-0.3, -0.25) is 0 Å². The van der Waals surface area contributed by atoms with Crippen LogP contribution < -0.4 is 0 Å². The summed E-state index contributed by atoms with van der Waals surface area (Å²) in [5, 5.41) is 0.299. The van der Waals surface area contributed by atoms with Crippen LogP contribution in [-0.2, 0) is 10.8 Å². The Balaban J connectivity index is 2.55. The second-order valence-electron chi connectivity index (χ2n) is 6.93. The van der Waals surface area contributed by atoms with E-state index >= 15 is 0 Å². The summed E-state index contributed by atoms with van der Waals surface area (Å²) >= 11 is 0. The van der Waals surface area contributed by atoms with E-state index < -0.39 is 8.32 Å². The van der Waals surface area contributed by atoms with Crippen molar-refractivity contribution in [3.63, 3.8) is 0 Å². The zero-order valence-electron chi connectivity index (χ0n) is 13.5. The number of hydrogen-bond donors (Lipinski definition) is 0.